The van der Waals surface area contributed by atoms with Crippen LogP contribution in [0.2, 0.25) is 0 Å². The molecule has 0 bridgehead atoms. The molecular formula is C14H11BrFNO. The van der Waals surface area contributed by atoms with Crippen molar-refractivity contribution in [2.75, 3.05) is 0 Å². The van der Waals surface area contributed by atoms with Crippen LogP contribution in [0.3, 0.4) is 0 Å². The second kappa shape index (κ2) is 5.40. The molecule has 2 aromatic rings. The van der Waals surface area contributed by atoms with Gasteiger partial charge in [0.15, 0.2) is 5.78 Å². The molecule has 1 aromatic heterocycles. The van der Waals surface area contributed by atoms with Crippen LogP contribution in [0.5, 0.6) is 0 Å². The number of Topliss-reactive ketones (excluding diaryl/α,β-unsaturated/α-hetero) is 1. The van der Waals surface area contributed by atoms with Gasteiger partial charge < -0.3 is 0 Å². The van der Waals surface area contributed by atoms with E-state index >= 15 is 0 Å². The molecule has 0 amide bonds. The predicted octanol–water partition coefficient (Wildman–Crippen LogP) is 3.97. The quantitative estimate of drug-likeness (QED) is 0.803. The Labute approximate surface area is 113 Å². The number of carbonyl (C=O) groups is 1. The summed E-state index contributed by atoms with van der Waals surface area (Å²) in [5.41, 5.74) is 1.04. The van der Waals surface area contributed by atoms with Gasteiger partial charge >= 0.3 is 0 Å². The average Bonchev–Trinajstić information content (AvgIpc) is 2.41. The van der Waals surface area contributed by atoms with Crippen LogP contribution >= 0.6 is 15.9 Å². The van der Waals surface area contributed by atoms with Crippen molar-refractivity contribution >= 4 is 21.7 Å². The van der Waals surface area contributed by atoms with Gasteiger partial charge in [-0.25, -0.2) is 4.39 Å². The summed E-state index contributed by atoms with van der Waals surface area (Å²) in [5, 5.41) is 0. The Hall–Kier alpha value is -1.55. The van der Waals surface area contributed by atoms with Gasteiger partial charge in [-0.05, 0) is 47.1 Å². The Morgan fingerprint density at radius 3 is 2.72 bits per heavy atom. The third-order valence-corrected chi connectivity index (χ3v) is 3.37. The molecule has 4 heteroatoms. The van der Waals surface area contributed by atoms with E-state index in [2.05, 4.69) is 20.9 Å². The minimum atomic E-state index is -0.436. The van der Waals surface area contributed by atoms with E-state index in [1.54, 1.807) is 31.3 Å². The predicted molar refractivity (Wildman–Crippen MR) is 71.1 cm³/mol. The molecule has 1 aromatic carbocycles. The summed E-state index contributed by atoms with van der Waals surface area (Å²) >= 11 is 3.06. The third-order valence-electron chi connectivity index (χ3n) is 2.73. The molecule has 1 heterocycles. The molecule has 18 heavy (non-hydrogen) atoms. The van der Waals surface area contributed by atoms with E-state index in [4.69, 9.17) is 0 Å². The summed E-state index contributed by atoms with van der Waals surface area (Å²) in [5.74, 6) is -0.957. The summed E-state index contributed by atoms with van der Waals surface area (Å²) in [6.07, 6.45) is 1.64. The summed E-state index contributed by atoms with van der Waals surface area (Å²) < 4.78 is 13.7. The molecule has 0 aliphatic carbocycles. The van der Waals surface area contributed by atoms with Gasteiger partial charge in [0.2, 0.25) is 0 Å². The van der Waals surface area contributed by atoms with Gasteiger partial charge in [0, 0.05) is 11.8 Å². The molecule has 1 unspecified atom stereocenters. The second-order valence-corrected chi connectivity index (χ2v) is 4.82. The van der Waals surface area contributed by atoms with Crippen molar-refractivity contribution in [1.29, 1.82) is 0 Å². The number of benzene rings is 1. The van der Waals surface area contributed by atoms with E-state index in [1.807, 2.05) is 6.07 Å². The van der Waals surface area contributed by atoms with E-state index in [0.717, 1.165) is 0 Å². The number of rotatable bonds is 3. The van der Waals surface area contributed by atoms with E-state index in [9.17, 15) is 9.18 Å². The van der Waals surface area contributed by atoms with Crippen molar-refractivity contribution in [2.45, 2.75) is 12.8 Å². The third kappa shape index (κ3) is 2.64. The Morgan fingerprint density at radius 2 is 2.11 bits per heavy atom. The summed E-state index contributed by atoms with van der Waals surface area (Å²) in [7, 11) is 0. The van der Waals surface area contributed by atoms with Crippen molar-refractivity contribution in [1.82, 2.24) is 4.98 Å². The normalized spacial score (nSPS) is 12.2. The minimum absolute atomic E-state index is 0.139. The maximum absolute atomic E-state index is 13.4. The number of carbonyl (C=O) groups excluding carboxylic acids is 1. The number of halogens is 2. The van der Waals surface area contributed by atoms with Crippen LogP contribution in [-0.2, 0) is 0 Å². The highest BCUT2D eigenvalue weighted by Crippen LogP contribution is 2.22. The van der Waals surface area contributed by atoms with Gasteiger partial charge in [-0.2, -0.15) is 0 Å². The van der Waals surface area contributed by atoms with E-state index < -0.39 is 5.82 Å². The van der Waals surface area contributed by atoms with Crippen molar-refractivity contribution in [3.63, 3.8) is 0 Å². The first kappa shape index (κ1) is 12.9. The number of hydrogen-bond acceptors (Lipinski definition) is 2. The molecule has 0 aliphatic heterocycles. The van der Waals surface area contributed by atoms with E-state index in [-0.39, 0.29) is 11.7 Å². The molecule has 0 spiro atoms. The monoisotopic (exact) mass is 307 g/mol. The highest BCUT2D eigenvalue weighted by molar-refractivity contribution is 9.10. The zero-order valence-corrected chi connectivity index (χ0v) is 11.3. The standard InChI is InChI=1S/C14H11BrFNO/c1-9(13-4-2-3-7-17-13)14(18)10-5-6-11(15)12(16)8-10/h2-9H,1H3. The number of ketones is 1. The van der Waals surface area contributed by atoms with Gasteiger partial charge in [0.05, 0.1) is 16.1 Å². The van der Waals surface area contributed by atoms with Crippen LogP contribution in [0.1, 0.15) is 28.9 Å². The Morgan fingerprint density at radius 1 is 1.33 bits per heavy atom. The summed E-state index contributed by atoms with van der Waals surface area (Å²) in [4.78, 5) is 16.3. The van der Waals surface area contributed by atoms with Gasteiger partial charge in [-0.15, -0.1) is 0 Å². The van der Waals surface area contributed by atoms with Crippen LogP contribution < -0.4 is 0 Å². The van der Waals surface area contributed by atoms with Gasteiger partial charge in [0.1, 0.15) is 5.82 Å². The first-order valence-electron chi connectivity index (χ1n) is 5.50. The van der Waals surface area contributed by atoms with Crippen LogP contribution in [-0.4, -0.2) is 10.8 Å². The molecule has 0 saturated heterocycles. The van der Waals surface area contributed by atoms with Gasteiger partial charge in [0.25, 0.3) is 0 Å². The minimum Gasteiger partial charge on any atom is -0.293 e. The number of hydrogen-bond donors (Lipinski definition) is 0. The largest absolute Gasteiger partial charge is 0.293 e. The Bertz CT molecular complexity index is 571. The average molecular weight is 308 g/mol. The van der Waals surface area contributed by atoms with E-state index in [0.29, 0.717) is 15.7 Å². The molecule has 0 N–H and O–H groups in total. The lowest BCUT2D eigenvalue weighted by atomic mass is 9.96. The maximum atomic E-state index is 13.4. The lowest BCUT2D eigenvalue weighted by Gasteiger charge is -2.10. The van der Waals surface area contributed by atoms with Crippen LogP contribution in [0.4, 0.5) is 4.39 Å². The van der Waals surface area contributed by atoms with Crippen molar-refractivity contribution < 1.29 is 9.18 Å². The number of aromatic nitrogens is 1. The molecule has 0 aliphatic rings. The first-order valence-corrected chi connectivity index (χ1v) is 6.29. The molecule has 2 rings (SSSR count). The fourth-order valence-electron chi connectivity index (χ4n) is 1.67. The first-order chi connectivity index (χ1) is 8.59. The number of pyridine rings is 1. The molecule has 0 saturated carbocycles. The number of nitrogens with zero attached hydrogens (tertiary/aromatic N) is 1. The highest BCUT2D eigenvalue weighted by Gasteiger charge is 2.18. The van der Waals surface area contributed by atoms with Crippen molar-refractivity contribution in [3.8, 4) is 0 Å². The molecule has 1 atom stereocenters. The molecule has 2 nitrogen and oxygen atoms in total. The fourth-order valence-corrected chi connectivity index (χ4v) is 1.91. The highest BCUT2D eigenvalue weighted by atomic mass is 79.9. The van der Waals surface area contributed by atoms with Gasteiger partial charge in [-0.1, -0.05) is 12.1 Å². The molecule has 92 valence electrons. The molecular weight excluding hydrogens is 297 g/mol. The summed E-state index contributed by atoms with van der Waals surface area (Å²) in [6, 6.07) is 9.79. The molecule has 0 radical (unpaired) electrons. The van der Waals surface area contributed by atoms with E-state index in [1.165, 1.54) is 12.1 Å². The van der Waals surface area contributed by atoms with Crippen molar-refractivity contribution in [3.05, 3.63) is 64.1 Å². The SMILES string of the molecule is CC(C(=O)c1ccc(Br)c(F)c1)c1ccccn1. The Balaban J connectivity index is 2.29. The lowest BCUT2D eigenvalue weighted by Crippen LogP contribution is -2.11. The van der Waals surface area contributed by atoms with Crippen LogP contribution in [0.15, 0.2) is 47.1 Å². The van der Waals surface area contributed by atoms with Crippen LogP contribution in [0.25, 0.3) is 0 Å². The maximum Gasteiger partial charge on any atom is 0.171 e. The topological polar surface area (TPSA) is 30.0 Å². The van der Waals surface area contributed by atoms with Crippen LogP contribution in [0, 0.1) is 5.82 Å². The smallest absolute Gasteiger partial charge is 0.171 e. The van der Waals surface area contributed by atoms with Gasteiger partial charge in [-0.3, -0.25) is 9.78 Å². The molecule has 0 fully saturated rings. The lowest BCUT2D eigenvalue weighted by molar-refractivity contribution is 0.0964. The zero-order valence-electron chi connectivity index (χ0n) is 9.73. The second-order valence-electron chi connectivity index (χ2n) is 3.97. The zero-order chi connectivity index (χ0) is 13.1. The fraction of sp³-hybridized carbons (Fsp3) is 0.143. The van der Waals surface area contributed by atoms with Crippen molar-refractivity contribution in [2.24, 2.45) is 0 Å². The summed E-state index contributed by atoms with van der Waals surface area (Å²) in [6.45, 7) is 1.77. The Kier molecular flexibility index (Phi) is 3.87.